The number of aromatic nitrogens is 2. The first-order valence-corrected chi connectivity index (χ1v) is 22.8. The fourth-order valence-electron chi connectivity index (χ4n) is 12.3. The number of benzene rings is 3. The lowest BCUT2D eigenvalue weighted by Crippen LogP contribution is -2.65. The molecule has 8 nitrogen and oxygen atoms in total. The van der Waals surface area contributed by atoms with Crippen molar-refractivity contribution in [3.63, 3.8) is 0 Å². The van der Waals surface area contributed by atoms with Crippen molar-refractivity contribution in [2.75, 3.05) is 51.8 Å². The average molecular weight is 865 g/mol. The molecule has 0 radical (unpaired) electrons. The highest BCUT2D eigenvalue weighted by Gasteiger charge is 2.65. The maximum absolute atomic E-state index is 13.6. The minimum atomic E-state index is -0.867. The summed E-state index contributed by atoms with van der Waals surface area (Å²) in [4.78, 5) is 9.72. The minimum absolute atomic E-state index is 0.0704. The van der Waals surface area contributed by atoms with Gasteiger partial charge >= 0.3 is 0 Å². The van der Waals surface area contributed by atoms with Crippen LogP contribution in [0, 0.1) is 62.2 Å². The number of piperidine rings is 4. The fraction of sp³-hybridized carbons (Fsp3) is 0.490. The number of hydrogen-bond donors (Lipinski definition) is 2. The SMILES string of the molecule is CC.CNc1ccc(CN2CC3(COc4ccc(F)c(F)c4)CC(C4CC4)(C2)C3)cc1C=N.Fc1ccc(OCC23CN(Cc4ncc5ccccn45)CC(C4CC4)(C2)C3)cc1F. The fourth-order valence-corrected chi connectivity index (χ4v) is 12.3. The molecule has 3 aromatic carbocycles. The molecule has 4 bridgehead atoms. The number of nitrogens with zero attached hydrogens (tertiary/aromatic N) is 4. The number of halogens is 4. The second-order valence-corrected chi connectivity index (χ2v) is 19.5. The van der Waals surface area contributed by atoms with E-state index in [2.05, 4.69) is 48.9 Å². The van der Waals surface area contributed by atoms with Gasteiger partial charge in [0, 0.05) is 86.4 Å². The van der Waals surface area contributed by atoms with E-state index in [1.165, 1.54) is 62.4 Å². The Bertz CT molecular complexity index is 2440. The van der Waals surface area contributed by atoms with Gasteiger partial charge in [-0.1, -0.05) is 26.0 Å². The summed E-state index contributed by atoms with van der Waals surface area (Å²) < 4.78 is 67.7. The predicted molar refractivity (Wildman–Crippen MR) is 238 cm³/mol. The molecule has 0 spiro atoms. The van der Waals surface area contributed by atoms with E-state index < -0.39 is 23.3 Å². The molecule has 0 amide bonds. The predicted octanol–water partition coefficient (Wildman–Crippen LogP) is 10.8. The van der Waals surface area contributed by atoms with Crippen LogP contribution in [0.3, 0.4) is 0 Å². The molecular weight excluding hydrogens is 805 g/mol. The van der Waals surface area contributed by atoms with Gasteiger partial charge in [-0.25, -0.2) is 22.5 Å². The van der Waals surface area contributed by atoms with Crippen molar-refractivity contribution < 1.29 is 27.0 Å². The Morgan fingerprint density at radius 1 is 0.698 bits per heavy atom. The molecule has 13 rings (SSSR count). The number of ether oxygens (including phenoxy) is 2. The summed E-state index contributed by atoms with van der Waals surface area (Å²) in [5.41, 5.74) is 5.11. The normalized spacial score (nSPS) is 27.2. The number of pyridine rings is 1. The molecule has 12 heteroatoms. The van der Waals surface area contributed by atoms with Crippen molar-refractivity contribution in [2.45, 2.75) is 78.3 Å². The second-order valence-electron chi connectivity index (χ2n) is 19.5. The summed E-state index contributed by atoms with van der Waals surface area (Å²) in [6.07, 6.45) is 15.4. The Balaban J connectivity index is 0.000000154. The van der Waals surface area contributed by atoms with Crippen molar-refractivity contribution in [1.29, 1.82) is 5.41 Å². The van der Waals surface area contributed by atoms with Crippen LogP contribution in [-0.2, 0) is 13.1 Å². The Morgan fingerprint density at radius 3 is 1.76 bits per heavy atom. The summed E-state index contributed by atoms with van der Waals surface area (Å²) in [5.74, 6) is 0.0949. The zero-order valence-electron chi connectivity index (χ0n) is 36.7. The van der Waals surface area contributed by atoms with Gasteiger partial charge in [0.15, 0.2) is 23.3 Å². The maximum atomic E-state index is 13.6. The van der Waals surface area contributed by atoms with Gasteiger partial charge in [-0.05, 0) is 128 Å². The van der Waals surface area contributed by atoms with Gasteiger partial charge in [-0.3, -0.25) is 9.80 Å². The molecule has 4 aliphatic carbocycles. The van der Waals surface area contributed by atoms with Gasteiger partial charge in [0.05, 0.1) is 31.5 Å². The Morgan fingerprint density at radius 2 is 1.25 bits per heavy atom. The van der Waals surface area contributed by atoms with E-state index >= 15 is 0 Å². The molecule has 0 unspecified atom stereocenters. The van der Waals surface area contributed by atoms with E-state index in [9.17, 15) is 17.6 Å². The van der Waals surface area contributed by atoms with Crippen LogP contribution in [0.5, 0.6) is 11.5 Å². The van der Waals surface area contributed by atoms with E-state index in [-0.39, 0.29) is 10.8 Å². The van der Waals surface area contributed by atoms with Gasteiger partial charge in [-0.15, -0.1) is 0 Å². The molecule has 6 heterocycles. The molecule has 2 aromatic heterocycles. The van der Waals surface area contributed by atoms with Crippen LogP contribution in [0.1, 0.15) is 82.2 Å². The third-order valence-electron chi connectivity index (χ3n) is 14.7. The first-order chi connectivity index (χ1) is 30.5. The van der Waals surface area contributed by atoms with Gasteiger partial charge in [0.25, 0.3) is 0 Å². The lowest BCUT2D eigenvalue weighted by atomic mass is 9.48. The van der Waals surface area contributed by atoms with Gasteiger partial charge in [0.2, 0.25) is 0 Å². The molecule has 2 N–H and O–H groups in total. The topological polar surface area (TPSA) is 78.1 Å². The Hall–Kier alpha value is -4.94. The van der Waals surface area contributed by atoms with Crippen molar-refractivity contribution in [1.82, 2.24) is 19.2 Å². The third-order valence-corrected chi connectivity index (χ3v) is 14.7. The van der Waals surface area contributed by atoms with Crippen LogP contribution in [0.4, 0.5) is 23.2 Å². The molecule has 8 fully saturated rings. The molecular formula is C51H60F4N6O2. The summed E-state index contributed by atoms with van der Waals surface area (Å²) in [5, 5.41) is 10.8. The van der Waals surface area contributed by atoms with Crippen LogP contribution in [0.2, 0.25) is 0 Å². The molecule has 4 saturated heterocycles. The van der Waals surface area contributed by atoms with E-state index in [4.69, 9.17) is 14.9 Å². The minimum Gasteiger partial charge on any atom is -0.493 e. The summed E-state index contributed by atoms with van der Waals surface area (Å²) in [6.45, 7) is 10.9. The van der Waals surface area contributed by atoms with Crippen LogP contribution in [0.25, 0.3) is 5.52 Å². The zero-order chi connectivity index (χ0) is 44.0. The summed E-state index contributed by atoms with van der Waals surface area (Å²) in [7, 11) is 1.87. The smallest absolute Gasteiger partial charge is 0.162 e. The van der Waals surface area contributed by atoms with Gasteiger partial charge in [0.1, 0.15) is 17.3 Å². The van der Waals surface area contributed by atoms with Crippen LogP contribution >= 0.6 is 0 Å². The molecule has 334 valence electrons. The number of nitrogens with one attached hydrogen (secondary N) is 2. The zero-order valence-corrected chi connectivity index (χ0v) is 36.7. The molecule has 4 aliphatic heterocycles. The lowest BCUT2D eigenvalue weighted by molar-refractivity contribution is -0.165. The molecule has 63 heavy (non-hydrogen) atoms. The number of anilines is 1. The number of hydrogen-bond acceptors (Lipinski definition) is 7. The Labute approximate surface area is 368 Å². The lowest BCUT2D eigenvalue weighted by Gasteiger charge is -2.64. The number of rotatable bonds is 14. The van der Waals surface area contributed by atoms with Crippen LogP contribution in [0.15, 0.2) is 85.2 Å². The van der Waals surface area contributed by atoms with E-state index in [1.54, 1.807) is 0 Å². The van der Waals surface area contributed by atoms with Gasteiger partial charge < -0.3 is 24.6 Å². The van der Waals surface area contributed by atoms with E-state index in [0.717, 1.165) is 111 Å². The van der Waals surface area contributed by atoms with Crippen molar-refractivity contribution >= 4 is 17.4 Å². The van der Waals surface area contributed by atoms with Crippen LogP contribution in [-0.4, -0.2) is 71.8 Å². The highest BCUT2D eigenvalue weighted by Crippen LogP contribution is 2.68. The molecule has 8 aliphatic rings. The van der Waals surface area contributed by atoms with E-state index in [1.807, 2.05) is 45.3 Å². The number of imidazole rings is 1. The summed E-state index contributed by atoms with van der Waals surface area (Å²) >= 11 is 0. The second kappa shape index (κ2) is 17.2. The van der Waals surface area contributed by atoms with Crippen molar-refractivity contribution in [2.24, 2.45) is 33.5 Å². The first-order valence-electron chi connectivity index (χ1n) is 22.8. The van der Waals surface area contributed by atoms with Crippen molar-refractivity contribution in [3.8, 4) is 11.5 Å². The Kier molecular flexibility index (Phi) is 11.8. The quantitative estimate of drug-likeness (QED) is 0.0855. The number of fused-ring (bicyclic) bond motifs is 5. The summed E-state index contributed by atoms with van der Waals surface area (Å²) in [6, 6.07) is 20.0. The first kappa shape index (κ1) is 43.3. The highest BCUT2D eigenvalue weighted by molar-refractivity contribution is 5.86. The molecule has 0 atom stereocenters. The standard InChI is InChI=1S/C25H29F2N3O.C24H25F2N3O.C2H6/c1-29-23-7-2-17(8-18(23)10-28)11-30-14-24(12-25(13-24,15-30)19-3-4-19)16-31-20-5-6-21(26)22(27)9-20;25-20-7-6-19(9-21(20)26)30-16-23-12-24(13-23,17-4-5-17)15-28(14-23)11-22-27-10-18-3-1-2-8-29(18)22;1-2/h2,5-10,19,28-29H,3-4,11-16H2,1H3;1-3,6-10,17H,4-5,11-16H2;1-2H3. The maximum Gasteiger partial charge on any atom is 0.162 e. The molecule has 5 aromatic rings. The van der Waals surface area contributed by atoms with Crippen molar-refractivity contribution in [3.05, 3.63) is 125 Å². The average Bonchev–Trinajstić information content (AvgIpc) is 4.23. The van der Waals surface area contributed by atoms with Gasteiger partial charge in [-0.2, -0.15) is 0 Å². The molecule has 4 saturated carbocycles. The highest BCUT2D eigenvalue weighted by atomic mass is 19.2. The largest absolute Gasteiger partial charge is 0.493 e. The third kappa shape index (κ3) is 8.82. The van der Waals surface area contributed by atoms with E-state index in [0.29, 0.717) is 35.5 Å². The monoisotopic (exact) mass is 864 g/mol. The van der Waals surface area contributed by atoms with Crippen LogP contribution < -0.4 is 14.8 Å².